The number of piperazine rings is 1. The highest BCUT2D eigenvalue weighted by Gasteiger charge is 2.27. The Morgan fingerprint density at radius 3 is 2.71 bits per heavy atom. The average Bonchev–Trinajstić information content (AvgIpc) is 2.63. The fourth-order valence-electron chi connectivity index (χ4n) is 3.51. The second-order valence-corrected chi connectivity index (χ2v) is 6.98. The molecule has 130 valence electrons. The van der Waals surface area contributed by atoms with E-state index in [9.17, 15) is 4.79 Å². The maximum absolute atomic E-state index is 12.6. The molecule has 0 N–H and O–H groups in total. The van der Waals surface area contributed by atoms with Crippen molar-refractivity contribution in [1.29, 1.82) is 0 Å². The van der Waals surface area contributed by atoms with Crippen molar-refractivity contribution in [2.75, 3.05) is 33.3 Å². The normalized spacial score (nSPS) is 21.8. The Bertz CT molecular complexity index is 609. The van der Waals surface area contributed by atoms with Crippen LogP contribution in [0, 0.1) is 5.92 Å². The van der Waals surface area contributed by atoms with Gasteiger partial charge in [-0.15, -0.1) is 0 Å². The molecule has 5 heteroatoms. The first-order chi connectivity index (χ1) is 11.7. The number of carbonyl (C=O) groups is 1. The van der Waals surface area contributed by atoms with Gasteiger partial charge in [0.15, 0.2) is 0 Å². The molecule has 1 fully saturated rings. The number of amides is 1. The average molecular weight is 349 g/mol. The molecular weight excluding hydrogens is 324 g/mol. The van der Waals surface area contributed by atoms with E-state index in [0.29, 0.717) is 5.91 Å². The zero-order valence-electron chi connectivity index (χ0n) is 14.2. The van der Waals surface area contributed by atoms with Gasteiger partial charge in [-0.2, -0.15) is 0 Å². The molecule has 24 heavy (non-hydrogen) atoms. The van der Waals surface area contributed by atoms with E-state index in [4.69, 9.17) is 16.3 Å². The Hall–Kier alpha value is -1.52. The summed E-state index contributed by atoms with van der Waals surface area (Å²) in [7, 11) is 1.68. The predicted octanol–water partition coefficient (Wildman–Crippen LogP) is 3.35. The second-order valence-electron chi connectivity index (χ2n) is 6.54. The van der Waals surface area contributed by atoms with Crippen molar-refractivity contribution in [2.24, 2.45) is 5.92 Å². The molecule has 3 rings (SSSR count). The molecule has 1 unspecified atom stereocenters. The Morgan fingerprint density at radius 1 is 1.25 bits per heavy atom. The van der Waals surface area contributed by atoms with Crippen molar-refractivity contribution in [3.8, 4) is 5.75 Å². The van der Waals surface area contributed by atoms with Crippen molar-refractivity contribution in [2.45, 2.75) is 25.8 Å². The van der Waals surface area contributed by atoms with E-state index in [1.54, 1.807) is 7.11 Å². The number of nitrogens with zero attached hydrogens (tertiary/aromatic N) is 2. The van der Waals surface area contributed by atoms with Crippen LogP contribution in [0.4, 0.5) is 0 Å². The zero-order valence-corrected chi connectivity index (χ0v) is 15.0. The summed E-state index contributed by atoms with van der Waals surface area (Å²) in [5, 5.41) is 0.727. The monoisotopic (exact) mass is 348 g/mol. The van der Waals surface area contributed by atoms with E-state index in [-0.39, 0.29) is 5.92 Å². The lowest BCUT2D eigenvalue weighted by molar-refractivity contribution is -0.137. The van der Waals surface area contributed by atoms with Gasteiger partial charge in [-0.1, -0.05) is 23.8 Å². The van der Waals surface area contributed by atoms with Gasteiger partial charge in [-0.05, 0) is 37.5 Å². The SMILES string of the molecule is COc1ccc(Cl)cc1CN1CCN(C(=O)C2CC=CCC2)CC1. The van der Waals surface area contributed by atoms with Crippen LogP contribution in [0.15, 0.2) is 30.4 Å². The topological polar surface area (TPSA) is 32.8 Å². The van der Waals surface area contributed by atoms with Crippen LogP contribution in [-0.2, 0) is 11.3 Å². The van der Waals surface area contributed by atoms with E-state index in [1.807, 2.05) is 23.1 Å². The fraction of sp³-hybridized carbons (Fsp3) is 0.526. The molecule has 1 heterocycles. The van der Waals surface area contributed by atoms with E-state index in [1.165, 1.54) is 0 Å². The molecule has 4 nitrogen and oxygen atoms in total. The molecule has 0 saturated carbocycles. The number of ether oxygens (including phenoxy) is 1. The number of hydrogen-bond acceptors (Lipinski definition) is 3. The van der Waals surface area contributed by atoms with Gasteiger partial charge in [0, 0.05) is 49.2 Å². The zero-order chi connectivity index (χ0) is 16.9. The summed E-state index contributed by atoms with van der Waals surface area (Å²) in [5.41, 5.74) is 1.10. The summed E-state index contributed by atoms with van der Waals surface area (Å²) in [6.45, 7) is 4.20. The number of carbonyl (C=O) groups excluding carboxylic acids is 1. The molecule has 1 saturated heterocycles. The maximum atomic E-state index is 12.6. The predicted molar refractivity (Wildman–Crippen MR) is 96.3 cm³/mol. The minimum absolute atomic E-state index is 0.189. The van der Waals surface area contributed by atoms with Gasteiger partial charge in [0.25, 0.3) is 0 Å². The largest absolute Gasteiger partial charge is 0.496 e. The van der Waals surface area contributed by atoms with Gasteiger partial charge in [0.2, 0.25) is 5.91 Å². The lowest BCUT2D eigenvalue weighted by atomic mass is 9.93. The molecule has 0 radical (unpaired) electrons. The van der Waals surface area contributed by atoms with Crippen LogP contribution in [0.2, 0.25) is 5.02 Å². The molecule has 1 aliphatic heterocycles. The van der Waals surface area contributed by atoms with Gasteiger partial charge in [0.1, 0.15) is 5.75 Å². The van der Waals surface area contributed by atoms with Crippen LogP contribution >= 0.6 is 11.6 Å². The van der Waals surface area contributed by atoms with E-state index in [2.05, 4.69) is 17.1 Å². The summed E-state index contributed by atoms with van der Waals surface area (Å²) >= 11 is 6.11. The Balaban J connectivity index is 1.54. The molecule has 0 spiro atoms. The highest BCUT2D eigenvalue weighted by Crippen LogP contribution is 2.25. The highest BCUT2D eigenvalue weighted by molar-refractivity contribution is 6.30. The molecule has 1 atom stereocenters. The van der Waals surface area contributed by atoms with Gasteiger partial charge >= 0.3 is 0 Å². The summed E-state index contributed by atoms with van der Waals surface area (Å²) in [6.07, 6.45) is 7.26. The number of halogens is 1. The lowest BCUT2D eigenvalue weighted by Gasteiger charge is -2.36. The first-order valence-electron chi connectivity index (χ1n) is 8.66. The summed E-state index contributed by atoms with van der Waals surface area (Å²) in [5.74, 6) is 1.39. The smallest absolute Gasteiger partial charge is 0.226 e. The van der Waals surface area contributed by atoms with Crippen LogP contribution in [0.3, 0.4) is 0 Å². The van der Waals surface area contributed by atoms with Crippen molar-refractivity contribution in [1.82, 2.24) is 9.80 Å². The van der Waals surface area contributed by atoms with Crippen molar-refractivity contribution in [3.63, 3.8) is 0 Å². The summed E-state index contributed by atoms with van der Waals surface area (Å²) < 4.78 is 5.42. The number of allylic oxidation sites excluding steroid dienone is 2. The first kappa shape index (κ1) is 17.3. The molecule has 2 aliphatic rings. The molecule has 0 bridgehead atoms. The van der Waals surface area contributed by atoms with Gasteiger partial charge < -0.3 is 9.64 Å². The maximum Gasteiger partial charge on any atom is 0.226 e. The van der Waals surface area contributed by atoms with Gasteiger partial charge in [-0.25, -0.2) is 0 Å². The Morgan fingerprint density at radius 2 is 2.04 bits per heavy atom. The second kappa shape index (κ2) is 8.04. The van der Waals surface area contributed by atoms with E-state index < -0.39 is 0 Å². The molecule has 1 aliphatic carbocycles. The van der Waals surface area contributed by atoms with Crippen molar-refractivity contribution in [3.05, 3.63) is 40.9 Å². The van der Waals surface area contributed by atoms with E-state index >= 15 is 0 Å². The minimum Gasteiger partial charge on any atom is -0.496 e. The summed E-state index contributed by atoms with van der Waals surface area (Å²) in [4.78, 5) is 17.0. The number of rotatable bonds is 4. The van der Waals surface area contributed by atoms with Crippen LogP contribution in [0.25, 0.3) is 0 Å². The Labute approximate surface area is 149 Å². The van der Waals surface area contributed by atoms with Crippen molar-refractivity contribution < 1.29 is 9.53 Å². The van der Waals surface area contributed by atoms with Gasteiger partial charge in [-0.3, -0.25) is 9.69 Å². The molecule has 1 aromatic rings. The Kier molecular flexibility index (Phi) is 5.80. The van der Waals surface area contributed by atoms with E-state index in [0.717, 1.165) is 68.3 Å². The first-order valence-corrected chi connectivity index (χ1v) is 9.03. The fourth-order valence-corrected chi connectivity index (χ4v) is 3.71. The van der Waals surface area contributed by atoms with Crippen molar-refractivity contribution >= 4 is 17.5 Å². The highest BCUT2D eigenvalue weighted by atomic mass is 35.5. The van der Waals surface area contributed by atoms with Gasteiger partial charge in [0.05, 0.1) is 7.11 Å². The van der Waals surface area contributed by atoms with Crippen LogP contribution in [0.5, 0.6) is 5.75 Å². The molecule has 0 aromatic heterocycles. The third-order valence-corrected chi connectivity index (χ3v) is 5.17. The number of hydrogen-bond donors (Lipinski definition) is 0. The molecular formula is C19H25ClN2O2. The molecule has 1 amide bonds. The quantitative estimate of drug-likeness (QED) is 0.782. The van der Waals surface area contributed by atoms with Crippen LogP contribution in [0.1, 0.15) is 24.8 Å². The van der Waals surface area contributed by atoms with Crippen LogP contribution in [-0.4, -0.2) is 49.0 Å². The third-order valence-electron chi connectivity index (χ3n) is 4.94. The summed E-state index contributed by atoms with van der Waals surface area (Å²) in [6, 6.07) is 5.72. The molecule has 1 aromatic carbocycles. The minimum atomic E-state index is 0.189. The number of benzene rings is 1. The standard InChI is InChI=1S/C19H25ClN2O2/c1-24-18-8-7-17(20)13-16(18)14-21-9-11-22(12-10-21)19(23)15-5-3-2-4-6-15/h2-3,7-8,13,15H,4-6,9-12,14H2,1H3. The number of methoxy groups -OCH3 is 1. The lowest BCUT2D eigenvalue weighted by Crippen LogP contribution is -2.50. The third kappa shape index (κ3) is 4.11. The van der Waals surface area contributed by atoms with Crippen LogP contribution < -0.4 is 4.74 Å².